The summed E-state index contributed by atoms with van der Waals surface area (Å²) in [4.78, 5) is 12.1. The fourth-order valence-electron chi connectivity index (χ4n) is 2.83. The third kappa shape index (κ3) is 6.38. The van der Waals surface area contributed by atoms with Crippen molar-refractivity contribution in [2.24, 2.45) is 0 Å². The van der Waals surface area contributed by atoms with Gasteiger partial charge in [0.25, 0.3) is 15.9 Å². The first kappa shape index (κ1) is 23.4. The van der Waals surface area contributed by atoms with E-state index in [0.29, 0.717) is 23.7 Å². The summed E-state index contributed by atoms with van der Waals surface area (Å²) in [6.07, 6.45) is 0. The zero-order valence-electron chi connectivity index (χ0n) is 17.6. The number of benzene rings is 3. The van der Waals surface area contributed by atoms with Gasteiger partial charge in [0.1, 0.15) is 11.5 Å². The van der Waals surface area contributed by atoms with Gasteiger partial charge in [-0.2, -0.15) is 0 Å². The van der Waals surface area contributed by atoms with Gasteiger partial charge in [-0.15, -0.1) is 0 Å². The molecule has 32 heavy (non-hydrogen) atoms. The van der Waals surface area contributed by atoms with Crippen LogP contribution >= 0.6 is 11.6 Å². The average Bonchev–Trinajstić information content (AvgIpc) is 2.74. The molecule has 1 amide bonds. The van der Waals surface area contributed by atoms with Crippen molar-refractivity contribution in [3.8, 4) is 11.5 Å². The number of hydrogen-bond acceptors (Lipinski definition) is 5. The molecule has 7 nitrogen and oxygen atoms in total. The second kappa shape index (κ2) is 10.4. The van der Waals surface area contributed by atoms with E-state index >= 15 is 0 Å². The van der Waals surface area contributed by atoms with E-state index in [2.05, 4.69) is 10.0 Å². The van der Waals surface area contributed by atoms with Crippen LogP contribution in [-0.4, -0.2) is 27.5 Å². The van der Waals surface area contributed by atoms with Crippen molar-refractivity contribution in [1.82, 2.24) is 0 Å². The van der Waals surface area contributed by atoms with Crippen molar-refractivity contribution >= 4 is 38.9 Å². The van der Waals surface area contributed by atoms with Crippen LogP contribution in [0.2, 0.25) is 5.02 Å². The highest BCUT2D eigenvalue weighted by Gasteiger charge is 2.17. The molecule has 0 unspecified atom stereocenters. The summed E-state index contributed by atoms with van der Waals surface area (Å²) in [5.74, 6) is 0.484. The normalized spacial score (nSPS) is 11.0. The van der Waals surface area contributed by atoms with Crippen LogP contribution in [-0.2, 0) is 14.8 Å². The highest BCUT2D eigenvalue weighted by molar-refractivity contribution is 7.92. The fourth-order valence-corrected chi connectivity index (χ4v) is 4.21. The Kier molecular flexibility index (Phi) is 7.61. The van der Waals surface area contributed by atoms with Crippen LogP contribution in [0.3, 0.4) is 0 Å². The Balaban J connectivity index is 1.62. The van der Waals surface area contributed by atoms with E-state index < -0.39 is 10.0 Å². The molecule has 0 bridgehead atoms. The van der Waals surface area contributed by atoms with Crippen LogP contribution in [0.15, 0.2) is 71.6 Å². The number of nitrogens with one attached hydrogen (secondary N) is 2. The lowest BCUT2D eigenvalue weighted by molar-refractivity contribution is -0.118. The lowest BCUT2D eigenvalue weighted by Crippen LogP contribution is -2.20. The minimum absolute atomic E-state index is 0.0343. The second-order valence-corrected chi connectivity index (χ2v) is 8.95. The van der Waals surface area contributed by atoms with Gasteiger partial charge in [-0.1, -0.05) is 23.7 Å². The zero-order chi connectivity index (χ0) is 23.1. The van der Waals surface area contributed by atoms with E-state index in [9.17, 15) is 13.2 Å². The van der Waals surface area contributed by atoms with Crippen molar-refractivity contribution in [3.63, 3.8) is 0 Å². The average molecular weight is 475 g/mol. The molecule has 3 aromatic rings. The number of rotatable bonds is 9. The lowest BCUT2D eigenvalue weighted by Gasteiger charge is -2.12. The fraction of sp³-hybridized carbons (Fsp3) is 0.174. The molecule has 0 saturated heterocycles. The largest absolute Gasteiger partial charge is 0.494 e. The number of anilines is 2. The maximum atomic E-state index is 12.7. The number of carbonyl (C=O) groups excluding carboxylic acids is 1. The maximum Gasteiger partial charge on any atom is 0.262 e. The topological polar surface area (TPSA) is 93.7 Å². The SMILES string of the molecule is CCOc1ccc(NS(=O)(=O)c2ccc(OCC(=O)Nc3cccc(C)c3)c(Cl)c2)cc1. The summed E-state index contributed by atoms with van der Waals surface area (Å²) in [6, 6.07) is 18.0. The summed E-state index contributed by atoms with van der Waals surface area (Å²) < 4.78 is 38.6. The van der Waals surface area contributed by atoms with Gasteiger partial charge < -0.3 is 14.8 Å². The Morgan fingerprint density at radius 3 is 2.38 bits per heavy atom. The molecule has 3 aromatic carbocycles. The van der Waals surface area contributed by atoms with E-state index in [1.54, 1.807) is 30.3 Å². The predicted molar refractivity (Wildman–Crippen MR) is 125 cm³/mol. The first-order valence-electron chi connectivity index (χ1n) is 9.81. The van der Waals surface area contributed by atoms with Gasteiger partial charge in [-0.25, -0.2) is 8.42 Å². The third-order valence-corrected chi connectivity index (χ3v) is 5.97. The number of aryl methyl sites for hydroxylation is 1. The van der Waals surface area contributed by atoms with Gasteiger partial charge >= 0.3 is 0 Å². The quantitative estimate of drug-likeness (QED) is 0.461. The third-order valence-electron chi connectivity index (χ3n) is 4.29. The van der Waals surface area contributed by atoms with E-state index in [1.807, 2.05) is 32.0 Å². The molecule has 0 aliphatic rings. The van der Waals surface area contributed by atoms with Crippen LogP contribution in [0, 0.1) is 6.92 Å². The predicted octanol–water partition coefficient (Wildman–Crippen LogP) is 4.87. The molecule has 0 saturated carbocycles. The molecule has 0 atom stereocenters. The molecule has 168 valence electrons. The van der Waals surface area contributed by atoms with Gasteiger partial charge in [0.2, 0.25) is 0 Å². The van der Waals surface area contributed by atoms with Crippen molar-refractivity contribution in [2.75, 3.05) is 23.3 Å². The highest BCUT2D eigenvalue weighted by atomic mass is 35.5. The number of halogens is 1. The summed E-state index contributed by atoms with van der Waals surface area (Å²) in [6.45, 7) is 4.03. The van der Waals surface area contributed by atoms with Crippen molar-refractivity contribution in [3.05, 3.63) is 77.3 Å². The summed E-state index contributed by atoms with van der Waals surface area (Å²) in [5.41, 5.74) is 2.06. The van der Waals surface area contributed by atoms with E-state index in [-0.39, 0.29) is 28.2 Å². The molecule has 0 spiro atoms. The number of amides is 1. The first-order valence-corrected chi connectivity index (χ1v) is 11.7. The van der Waals surface area contributed by atoms with Gasteiger partial charge in [0, 0.05) is 11.4 Å². The minimum Gasteiger partial charge on any atom is -0.494 e. The standard InChI is InChI=1S/C23H23ClN2O5S/c1-3-30-19-9-7-17(8-10-19)26-32(28,29)20-11-12-22(21(24)14-20)31-15-23(27)25-18-6-4-5-16(2)13-18/h4-14,26H,3,15H2,1-2H3,(H,25,27). The van der Waals surface area contributed by atoms with Crippen LogP contribution in [0.5, 0.6) is 11.5 Å². The van der Waals surface area contributed by atoms with Gasteiger partial charge in [-0.05, 0) is 74.0 Å². The van der Waals surface area contributed by atoms with Gasteiger partial charge in [0.05, 0.1) is 16.5 Å². The van der Waals surface area contributed by atoms with Crippen molar-refractivity contribution in [1.29, 1.82) is 0 Å². The number of ether oxygens (including phenoxy) is 2. The highest BCUT2D eigenvalue weighted by Crippen LogP contribution is 2.28. The molecule has 0 fully saturated rings. The van der Waals surface area contributed by atoms with Gasteiger partial charge in [0.15, 0.2) is 6.61 Å². The van der Waals surface area contributed by atoms with Crippen molar-refractivity contribution in [2.45, 2.75) is 18.7 Å². The Morgan fingerprint density at radius 1 is 0.969 bits per heavy atom. The molecule has 0 aromatic heterocycles. The van der Waals surface area contributed by atoms with E-state index in [4.69, 9.17) is 21.1 Å². The molecule has 9 heteroatoms. The van der Waals surface area contributed by atoms with Gasteiger partial charge in [-0.3, -0.25) is 9.52 Å². The Labute approximate surface area is 192 Å². The second-order valence-electron chi connectivity index (χ2n) is 6.86. The molecule has 3 rings (SSSR count). The van der Waals surface area contributed by atoms with Crippen molar-refractivity contribution < 1.29 is 22.7 Å². The molecular formula is C23H23ClN2O5S. The monoisotopic (exact) mass is 474 g/mol. The number of hydrogen-bond donors (Lipinski definition) is 2. The smallest absolute Gasteiger partial charge is 0.262 e. The minimum atomic E-state index is -3.86. The maximum absolute atomic E-state index is 12.7. The molecular weight excluding hydrogens is 452 g/mol. The molecule has 0 heterocycles. The molecule has 0 radical (unpaired) electrons. The van der Waals surface area contributed by atoms with Crippen LogP contribution in [0.4, 0.5) is 11.4 Å². The first-order chi connectivity index (χ1) is 15.3. The molecule has 0 aliphatic heterocycles. The summed E-state index contributed by atoms with van der Waals surface area (Å²) in [7, 11) is -3.86. The molecule has 2 N–H and O–H groups in total. The number of sulfonamides is 1. The Hall–Kier alpha value is -3.23. The van der Waals surface area contributed by atoms with E-state index in [0.717, 1.165) is 5.56 Å². The van der Waals surface area contributed by atoms with Crippen LogP contribution in [0.25, 0.3) is 0 Å². The Bertz CT molecular complexity index is 1200. The number of carbonyl (C=O) groups is 1. The molecule has 0 aliphatic carbocycles. The Morgan fingerprint density at radius 2 is 1.72 bits per heavy atom. The summed E-state index contributed by atoms with van der Waals surface area (Å²) in [5, 5.41) is 2.80. The van der Waals surface area contributed by atoms with Crippen LogP contribution in [0.1, 0.15) is 12.5 Å². The van der Waals surface area contributed by atoms with Crippen LogP contribution < -0.4 is 19.5 Å². The zero-order valence-corrected chi connectivity index (χ0v) is 19.2. The van der Waals surface area contributed by atoms with E-state index in [1.165, 1.54) is 18.2 Å². The summed E-state index contributed by atoms with van der Waals surface area (Å²) >= 11 is 6.19. The lowest BCUT2D eigenvalue weighted by atomic mass is 10.2.